The number of hydrogen-bond donors (Lipinski definition) is 1. The van der Waals surface area contributed by atoms with Crippen molar-refractivity contribution < 1.29 is 4.79 Å². The van der Waals surface area contributed by atoms with E-state index in [1.54, 1.807) is 10.6 Å². The van der Waals surface area contributed by atoms with Crippen molar-refractivity contribution in [1.82, 2.24) is 9.47 Å². The fourth-order valence-corrected chi connectivity index (χ4v) is 3.09. The number of piperidine rings is 1. The van der Waals surface area contributed by atoms with Crippen molar-refractivity contribution in [3.8, 4) is 6.07 Å². The number of aromatic nitrogens is 1. The van der Waals surface area contributed by atoms with E-state index in [1.807, 2.05) is 4.90 Å². The van der Waals surface area contributed by atoms with Gasteiger partial charge < -0.3 is 15.2 Å². The molecule has 1 amide bonds. The third-order valence-corrected chi connectivity index (χ3v) is 4.26. The van der Waals surface area contributed by atoms with Crippen LogP contribution in [0.5, 0.6) is 0 Å². The van der Waals surface area contributed by atoms with Crippen LogP contribution < -0.4 is 5.73 Å². The predicted molar refractivity (Wildman–Crippen MR) is 82.6 cm³/mol. The Morgan fingerprint density at radius 3 is 2.90 bits per heavy atom. The van der Waals surface area contributed by atoms with Crippen LogP contribution in [0.25, 0.3) is 0 Å². The van der Waals surface area contributed by atoms with E-state index in [2.05, 4.69) is 19.9 Å². The van der Waals surface area contributed by atoms with Gasteiger partial charge >= 0.3 is 0 Å². The molecule has 0 radical (unpaired) electrons. The van der Waals surface area contributed by atoms with Gasteiger partial charge in [-0.15, -0.1) is 0 Å². The number of amides is 1. The average Bonchev–Trinajstić information content (AvgIpc) is 2.76. The predicted octanol–water partition coefficient (Wildman–Crippen LogP) is 2.30. The van der Waals surface area contributed by atoms with Gasteiger partial charge in [0.1, 0.15) is 18.3 Å². The van der Waals surface area contributed by atoms with Crippen LogP contribution in [0.15, 0.2) is 6.07 Å². The maximum Gasteiger partial charge on any atom is 0.242 e. The summed E-state index contributed by atoms with van der Waals surface area (Å²) in [7, 11) is 0. The van der Waals surface area contributed by atoms with Gasteiger partial charge in [-0.2, -0.15) is 5.26 Å². The molecule has 1 aliphatic rings. The first kappa shape index (κ1) is 15.4. The SMILES string of the molecule is CCCc1c(N)cc(C#N)n1CC(=O)N1CCCC[C@H]1C. The minimum absolute atomic E-state index is 0.0895. The van der Waals surface area contributed by atoms with Crippen molar-refractivity contribution >= 4 is 11.6 Å². The van der Waals surface area contributed by atoms with Gasteiger partial charge in [-0.05, 0) is 38.7 Å². The van der Waals surface area contributed by atoms with Gasteiger partial charge in [-0.25, -0.2) is 0 Å². The Labute approximate surface area is 126 Å². The van der Waals surface area contributed by atoms with Gasteiger partial charge in [-0.3, -0.25) is 4.79 Å². The van der Waals surface area contributed by atoms with E-state index in [0.29, 0.717) is 17.4 Å². The summed E-state index contributed by atoms with van der Waals surface area (Å²) in [4.78, 5) is 14.5. The lowest BCUT2D eigenvalue weighted by Crippen LogP contribution is -2.43. The van der Waals surface area contributed by atoms with Crippen LogP contribution in [0.1, 0.15) is 50.9 Å². The molecule has 1 aliphatic heterocycles. The summed E-state index contributed by atoms with van der Waals surface area (Å²) in [5.74, 6) is 0.0895. The average molecular weight is 288 g/mol. The quantitative estimate of drug-likeness (QED) is 0.923. The van der Waals surface area contributed by atoms with Crippen LogP contribution in [0.4, 0.5) is 5.69 Å². The molecule has 5 heteroatoms. The highest BCUT2D eigenvalue weighted by Gasteiger charge is 2.24. The topological polar surface area (TPSA) is 75.0 Å². The molecule has 114 valence electrons. The molecular formula is C16H24N4O. The number of rotatable bonds is 4. The van der Waals surface area contributed by atoms with E-state index in [0.717, 1.165) is 37.9 Å². The summed E-state index contributed by atoms with van der Waals surface area (Å²) in [6, 6.07) is 4.12. The first-order valence-electron chi connectivity index (χ1n) is 7.76. The third-order valence-electron chi connectivity index (χ3n) is 4.26. The summed E-state index contributed by atoms with van der Waals surface area (Å²) >= 11 is 0. The molecule has 1 aromatic heterocycles. The number of likely N-dealkylation sites (tertiary alicyclic amines) is 1. The fourth-order valence-electron chi connectivity index (χ4n) is 3.09. The maximum absolute atomic E-state index is 12.6. The second-order valence-corrected chi connectivity index (χ2v) is 5.81. The molecule has 0 saturated carbocycles. The van der Waals surface area contributed by atoms with E-state index in [9.17, 15) is 10.1 Å². The van der Waals surface area contributed by atoms with Crippen molar-refractivity contribution in [2.45, 2.75) is 58.5 Å². The molecule has 0 unspecified atom stereocenters. The molecule has 2 heterocycles. The summed E-state index contributed by atoms with van der Waals surface area (Å²) in [6.07, 6.45) is 5.04. The highest BCUT2D eigenvalue weighted by Crippen LogP contribution is 2.22. The van der Waals surface area contributed by atoms with Gasteiger partial charge in [0.25, 0.3) is 0 Å². The Morgan fingerprint density at radius 2 is 2.29 bits per heavy atom. The molecule has 1 saturated heterocycles. The molecule has 0 aromatic carbocycles. The summed E-state index contributed by atoms with van der Waals surface area (Å²) < 4.78 is 1.79. The number of nitriles is 1. The van der Waals surface area contributed by atoms with Crippen molar-refractivity contribution in [1.29, 1.82) is 5.26 Å². The Balaban J connectivity index is 2.22. The first-order valence-corrected chi connectivity index (χ1v) is 7.76. The van der Waals surface area contributed by atoms with Crippen molar-refractivity contribution in [3.05, 3.63) is 17.5 Å². The molecular weight excluding hydrogens is 264 g/mol. The molecule has 0 bridgehead atoms. The van der Waals surface area contributed by atoms with E-state index in [1.165, 1.54) is 6.42 Å². The van der Waals surface area contributed by atoms with Gasteiger partial charge in [0.2, 0.25) is 5.91 Å². The van der Waals surface area contributed by atoms with E-state index < -0.39 is 0 Å². The molecule has 21 heavy (non-hydrogen) atoms. The molecule has 2 rings (SSSR count). The highest BCUT2D eigenvalue weighted by atomic mass is 16.2. The molecule has 1 atom stereocenters. The third kappa shape index (κ3) is 3.21. The van der Waals surface area contributed by atoms with E-state index >= 15 is 0 Å². The number of nitrogens with zero attached hydrogens (tertiary/aromatic N) is 3. The molecule has 1 aromatic rings. The monoisotopic (exact) mass is 288 g/mol. The minimum atomic E-state index is 0.0895. The molecule has 2 N–H and O–H groups in total. The zero-order valence-electron chi connectivity index (χ0n) is 12.9. The maximum atomic E-state index is 12.6. The number of carbonyl (C=O) groups is 1. The Hall–Kier alpha value is -1.96. The first-order chi connectivity index (χ1) is 10.1. The van der Waals surface area contributed by atoms with Crippen molar-refractivity contribution in [2.24, 2.45) is 0 Å². The molecule has 0 spiro atoms. The smallest absolute Gasteiger partial charge is 0.242 e. The summed E-state index contributed by atoms with van der Waals surface area (Å²) in [5, 5.41) is 9.25. The summed E-state index contributed by atoms with van der Waals surface area (Å²) in [5.41, 5.74) is 8.00. The van der Waals surface area contributed by atoms with E-state index in [4.69, 9.17) is 5.73 Å². The van der Waals surface area contributed by atoms with Crippen LogP contribution >= 0.6 is 0 Å². The highest BCUT2D eigenvalue weighted by molar-refractivity contribution is 5.77. The number of nitrogens with two attached hydrogens (primary N) is 1. The Morgan fingerprint density at radius 1 is 1.52 bits per heavy atom. The van der Waals surface area contributed by atoms with Gasteiger partial charge in [0, 0.05) is 18.3 Å². The second-order valence-electron chi connectivity index (χ2n) is 5.81. The number of carbonyl (C=O) groups excluding carboxylic acids is 1. The van der Waals surface area contributed by atoms with Gasteiger partial charge in [0.15, 0.2) is 0 Å². The number of nitrogen functional groups attached to an aromatic ring is 1. The fraction of sp³-hybridized carbons (Fsp3) is 0.625. The molecule has 0 aliphatic carbocycles. The minimum Gasteiger partial charge on any atom is -0.397 e. The van der Waals surface area contributed by atoms with Crippen LogP contribution in [0.2, 0.25) is 0 Å². The lowest BCUT2D eigenvalue weighted by atomic mass is 10.0. The summed E-state index contributed by atoms with van der Waals surface area (Å²) in [6.45, 7) is 5.21. The van der Waals surface area contributed by atoms with Crippen LogP contribution in [-0.4, -0.2) is 28.0 Å². The normalized spacial score (nSPS) is 18.5. The number of hydrogen-bond acceptors (Lipinski definition) is 3. The zero-order chi connectivity index (χ0) is 15.4. The standard InChI is InChI=1S/C16H24N4O/c1-3-6-15-14(18)9-13(10-17)20(15)11-16(21)19-8-5-4-7-12(19)2/h9,12H,3-8,11,18H2,1-2H3/t12-/m1/s1. The Bertz CT molecular complexity index is 555. The van der Waals surface area contributed by atoms with Crippen molar-refractivity contribution in [3.63, 3.8) is 0 Å². The zero-order valence-corrected chi connectivity index (χ0v) is 12.9. The number of anilines is 1. The lowest BCUT2D eigenvalue weighted by Gasteiger charge is -2.33. The second kappa shape index (κ2) is 6.66. The van der Waals surface area contributed by atoms with Crippen LogP contribution in [0.3, 0.4) is 0 Å². The lowest BCUT2D eigenvalue weighted by molar-refractivity contribution is -0.135. The van der Waals surface area contributed by atoms with Gasteiger partial charge in [0.05, 0.1) is 5.69 Å². The van der Waals surface area contributed by atoms with E-state index in [-0.39, 0.29) is 12.5 Å². The largest absolute Gasteiger partial charge is 0.397 e. The molecule has 1 fully saturated rings. The van der Waals surface area contributed by atoms with Crippen LogP contribution in [0, 0.1) is 11.3 Å². The van der Waals surface area contributed by atoms with Crippen molar-refractivity contribution in [2.75, 3.05) is 12.3 Å². The molecule has 5 nitrogen and oxygen atoms in total. The van der Waals surface area contributed by atoms with Crippen LogP contribution in [-0.2, 0) is 17.8 Å². The van der Waals surface area contributed by atoms with Gasteiger partial charge in [-0.1, -0.05) is 13.3 Å². The Kier molecular flexibility index (Phi) is 4.89.